The summed E-state index contributed by atoms with van der Waals surface area (Å²) in [6, 6.07) is 0. The highest BCUT2D eigenvalue weighted by atomic mass is 16.5. The SMILES string of the molecule is CCOC(=O)/C(=C/N(C)C)NNC. The maximum absolute atomic E-state index is 11.2. The van der Waals surface area contributed by atoms with Crippen LogP contribution < -0.4 is 10.9 Å². The molecule has 0 aromatic carbocycles. The normalized spacial score (nSPS) is 10.9. The van der Waals surface area contributed by atoms with Crippen LogP contribution in [0.2, 0.25) is 0 Å². The van der Waals surface area contributed by atoms with E-state index in [2.05, 4.69) is 10.9 Å². The number of hydrogen-bond acceptors (Lipinski definition) is 5. The Bertz CT molecular complexity index is 190. The molecule has 0 heterocycles. The third-order valence-electron chi connectivity index (χ3n) is 1.14. The van der Waals surface area contributed by atoms with E-state index in [4.69, 9.17) is 4.74 Å². The molecule has 5 heteroatoms. The van der Waals surface area contributed by atoms with Crippen molar-refractivity contribution in [2.45, 2.75) is 6.92 Å². The zero-order valence-corrected chi connectivity index (χ0v) is 8.55. The smallest absolute Gasteiger partial charge is 0.357 e. The van der Waals surface area contributed by atoms with Gasteiger partial charge in [0.2, 0.25) is 0 Å². The number of rotatable bonds is 5. The average molecular weight is 187 g/mol. The predicted octanol–water partition coefficient (Wildman–Crippen LogP) is -0.323. The van der Waals surface area contributed by atoms with Crippen LogP contribution in [-0.2, 0) is 9.53 Å². The highest BCUT2D eigenvalue weighted by molar-refractivity contribution is 5.87. The maximum Gasteiger partial charge on any atom is 0.357 e. The quantitative estimate of drug-likeness (QED) is 0.351. The van der Waals surface area contributed by atoms with Crippen molar-refractivity contribution < 1.29 is 9.53 Å². The van der Waals surface area contributed by atoms with E-state index in [1.54, 1.807) is 25.1 Å². The largest absolute Gasteiger partial charge is 0.461 e. The van der Waals surface area contributed by atoms with Crippen LogP contribution in [0.3, 0.4) is 0 Å². The lowest BCUT2D eigenvalue weighted by molar-refractivity contribution is -0.139. The fourth-order valence-electron chi connectivity index (χ4n) is 0.738. The molecule has 0 radical (unpaired) electrons. The van der Waals surface area contributed by atoms with E-state index >= 15 is 0 Å². The molecular weight excluding hydrogens is 170 g/mol. The Kier molecular flexibility index (Phi) is 5.71. The van der Waals surface area contributed by atoms with Crippen molar-refractivity contribution in [2.75, 3.05) is 27.7 Å². The number of esters is 1. The summed E-state index contributed by atoms with van der Waals surface area (Å²) < 4.78 is 4.82. The predicted molar refractivity (Wildman–Crippen MR) is 50.6 cm³/mol. The van der Waals surface area contributed by atoms with Crippen molar-refractivity contribution in [3.8, 4) is 0 Å². The Morgan fingerprint density at radius 2 is 2.15 bits per heavy atom. The molecule has 13 heavy (non-hydrogen) atoms. The maximum atomic E-state index is 11.2. The molecule has 0 fully saturated rings. The van der Waals surface area contributed by atoms with Crippen LogP contribution >= 0.6 is 0 Å². The van der Waals surface area contributed by atoms with Gasteiger partial charge >= 0.3 is 5.97 Å². The third-order valence-corrected chi connectivity index (χ3v) is 1.14. The van der Waals surface area contributed by atoms with Gasteiger partial charge in [-0.05, 0) is 6.92 Å². The number of nitrogens with one attached hydrogen (secondary N) is 2. The van der Waals surface area contributed by atoms with Gasteiger partial charge in [0, 0.05) is 27.3 Å². The molecule has 0 saturated heterocycles. The Hall–Kier alpha value is -1.23. The number of nitrogens with zero attached hydrogens (tertiary/aromatic N) is 1. The minimum absolute atomic E-state index is 0.370. The number of hydrogen-bond donors (Lipinski definition) is 2. The van der Waals surface area contributed by atoms with Gasteiger partial charge in [0.25, 0.3) is 0 Å². The van der Waals surface area contributed by atoms with E-state index in [-0.39, 0.29) is 5.97 Å². The van der Waals surface area contributed by atoms with Crippen molar-refractivity contribution in [1.29, 1.82) is 0 Å². The van der Waals surface area contributed by atoms with E-state index in [9.17, 15) is 4.79 Å². The standard InChI is InChI=1S/C8H17N3O2/c1-5-13-8(12)7(10-9-2)6-11(3)4/h6,9-10H,5H2,1-4H3/b7-6-. The molecule has 0 atom stereocenters. The Morgan fingerprint density at radius 3 is 2.54 bits per heavy atom. The summed E-state index contributed by atoms with van der Waals surface area (Å²) in [7, 11) is 5.34. The highest BCUT2D eigenvalue weighted by Crippen LogP contribution is 1.93. The number of hydrazine groups is 1. The fourth-order valence-corrected chi connectivity index (χ4v) is 0.738. The minimum Gasteiger partial charge on any atom is -0.461 e. The number of carbonyl (C=O) groups excluding carboxylic acids is 1. The molecule has 2 N–H and O–H groups in total. The van der Waals surface area contributed by atoms with Gasteiger partial charge in [-0.3, -0.25) is 0 Å². The van der Waals surface area contributed by atoms with Crippen molar-refractivity contribution in [3.63, 3.8) is 0 Å². The first kappa shape index (κ1) is 11.8. The molecule has 0 saturated carbocycles. The van der Waals surface area contributed by atoms with E-state index < -0.39 is 0 Å². The van der Waals surface area contributed by atoms with Crippen LogP contribution in [0, 0.1) is 0 Å². The summed E-state index contributed by atoms with van der Waals surface area (Å²) >= 11 is 0. The summed E-state index contributed by atoms with van der Waals surface area (Å²) in [5.74, 6) is -0.370. The van der Waals surface area contributed by atoms with Crippen LogP contribution in [0.1, 0.15) is 6.92 Å². The zero-order chi connectivity index (χ0) is 10.3. The first-order valence-corrected chi connectivity index (χ1v) is 4.10. The van der Waals surface area contributed by atoms with Crippen molar-refractivity contribution >= 4 is 5.97 Å². The molecule has 0 aromatic heterocycles. The van der Waals surface area contributed by atoms with Gasteiger partial charge in [0.05, 0.1) is 6.61 Å². The van der Waals surface area contributed by atoms with E-state index in [0.717, 1.165) is 0 Å². The minimum atomic E-state index is -0.370. The Morgan fingerprint density at radius 1 is 1.54 bits per heavy atom. The summed E-state index contributed by atoms with van der Waals surface area (Å²) in [6.45, 7) is 2.14. The molecule has 0 aromatic rings. The average Bonchev–Trinajstić information content (AvgIpc) is 2.03. The van der Waals surface area contributed by atoms with Crippen LogP contribution in [0.5, 0.6) is 0 Å². The number of carbonyl (C=O) groups is 1. The Labute approximate surface area is 78.7 Å². The van der Waals surface area contributed by atoms with Crippen LogP contribution in [-0.4, -0.2) is 38.6 Å². The molecule has 0 spiro atoms. The monoisotopic (exact) mass is 187 g/mol. The molecule has 0 bridgehead atoms. The first-order valence-electron chi connectivity index (χ1n) is 4.10. The summed E-state index contributed by atoms with van der Waals surface area (Å²) in [6.07, 6.45) is 1.65. The molecule has 0 rings (SSSR count). The summed E-state index contributed by atoms with van der Waals surface area (Å²) in [5, 5.41) is 0. The fraction of sp³-hybridized carbons (Fsp3) is 0.625. The molecule has 0 aliphatic heterocycles. The van der Waals surface area contributed by atoms with Crippen LogP contribution in [0.4, 0.5) is 0 Å². The molecule has 5 nitrogen and oxygen atoms in total. The van der Waals surface area contributed by atoms with E-state index in [0.29, 0.717) is 12.3 Å². The molecule has 76 valence electrons. The lowest BCUT2D eigenvalue weighted by Gasteiger charge is -2.11. The van der Waals surface area contributed by atoms with Crippen molar-refractivity contribution in [1.82, 2.24) is 15.8 Å². The highest BCUT2D eigenvalue weighted by Gasteiger charge is 2.09. The van der Waals surface area contributed by atoms with Crippen molar-refractivity contribution in [2.24, 2.45) is 0 Å². The lowest BCUT2D eigenvalue weighted by atomic mass is 10.5. The molecule has 0 amide bonds. The van der Waals surface area contributed by atoms with Crippen LogP contribution in [0.15, 0.2) is 11.9 Å². The molecule has 0 unspecified atom stereocenters. The Balaban J connectivity index is 4.31. The van der Waals surface area contributed by atoms with Gasteiger partial charge in [-0.1, -0.05) is 0 Å². The molecular formula is C8H17N3O2. The topological polar surface area (TPSA) is 53.6 Å². The van der Waals surface area contributed by atoms with Gasteiger partial charge in [0.15, 0.2) is 5.70 Å². The second-order valence-corrected chi connectivity index (χ2v) is 2.60. The van der Waals surface area contributed by atoms with Gasteiger partial charge < -0.3 is 15.1 Å². The first-order chi connectivity index (χ1) is 6.11. The van der Waals surface area contributed by atoms with Gasteiger partial charge in [0.1, 0.15) is 0 Å². The zero-order valence-electron chi connectivity index (χ0n) is 8.55. The number of ether oxygens (including phenoxy) is 1. The van der Waals surface area contributed by atoms with Crippen LogP contribution in [0.25, 0.3) is 0 Å². The summed E-state index contributed by atoms with van der Waals surface area (Å²) in [5.41, 5.74) is 5.74. The molecule has 0 aliphatic rings. The van der Waals surface area contributed by atoms with Crippen molar-refractivity contribution in [3.05, 3.63) is 11.9 Å². The second kappa shape index (κ2) is 6.30. The summed E-state index contributed by atoms with van der Waals surface area (Å²) in [4.78, 5) is 13.0. The third kappa shape index (κ3) is 5.08. The lowest BCUT2D eigenvalue weighted by Crippen LogP contribution is -2.33. The molecule has 0 aliphatic carbocycles. The van der Waals surface area contributed by atoms with Gasteiger partial charge in [-0.15, -0.1) is 0 Å². The van der Waals surface area contributed by atoms with E-state index in [1.165, 1.54) is 0 Å². The van der Waals surface area contributed by atoms with Gasteiger partial charge in [-0.2, -0.15) is 0 Å². The van der Waals surface area contributed by atoms with Gasteiger partial charge in [-0.25, -0.2) is 10.2 Å². The second-order valence-electron chi connectivity index (χ2n) is 2.60. The van der Waals surface area contributed by atoms with E-state index in [1.807, 2.05) is 14.1 Å².